The van der Waals surface area contributed by atoms with Crippen molar-refractivity contribution in [2.24, 2.45) is 0 Å². The number of hydrogen-bond donors (Lipinski definition) is 2. The Kier molecular flexibility index (Phi) is 4.39. The van der Waals surface area contributed by atoms with Crippen LogP contribution in [-0.2, 0) is 0 Å². The average molecular weight is 419 g/mol. The Morgan fingerprint density at radius 2 is 1.81 bits per heavy atom. The third-order valence-corrected chi connectivity index (χ3v) is 4.92. The summed E-state index contributed by atoms with van der Waals surface area (Å²) in [5.74, 6) is -1.23. The summed E-state index contributed by atoms with van der Waals surface area (Å²) in [5.41, 5.74) is 0.361. The van der Waals surface area contributed by atoms with E-state index in [1.807, 2.05) is 0 Å². The van der Waals surface area contributed by atoms with E-state index in [2.05, 4.69) is 30.2 Å². The van der Waals surface area contributed by atoms with Crippen LogP contribution in [0.1, 0.15) is 18.8 Å². The molecular weight excluding hydrogens is 404 g/mol. The van der Waals surface area contributed by atoms with E-state index in [0.29, 0.717) is 22.5 Å². The molecule has 8 nitrogen and oxygen atoms in total. The van der Waals surface area contributed by atoms with Gasteiger partial charge in [0.25, 0.3) is 5.56 Å². The number of halogens is 2. The van der Waals surface area contributed by atoms with Gasteiger partial charge < -0.3 is 10.3 Å². The Hall–Kier alpha value is -4.21. The van der Waals surface area contributed by atoms with Crippen LogP contribution < -0.4 is 10.9 Å². The lowest BCUT2D eigenvalue weighted by atomic mass is 10.2. The lowest BCUT2D eigenvalue weighted by molar-refractivity contribution is 0.558. The highest BCUT2D eigenvalue weighted by atomic mass is 19.1. The second-order valence-corrected chi connectivity index (χ2v) is 6.89. The minimum Gasteiger partial charge on any atom is -0.358 e. The maximum Gasteiger partial charge on any atom is 0.266 e. The number of nitrogens with one attached hydrogen (secondary N) is 2. The molecule has 0 aliphatic carbocycles. The minimum absolute atomic E-state index is 0.120. The van der Waals surface area contributed by atoms with Crippen LogP contribution in [0.4, 0.5) is 14.6 Å². The second-order valence-electron chi connectivity index (χ2n) is 6.89. The number of fused-ring (bicyclic) bond motifs is 2. The van der Waals surface area contributed by atoms with Gasteiger partial charge in [-0.1, -0.05) is 18.2 Å². The molecule has 0 fully saturated rings. The molecule has 0 saturated carbocycles. The van der Waals surface area contributed by atoms with Crippen LogP contribution in [-0.4, -0.2) is 29.5 Å². The van der Waals surface area contributed by atoms with E-state index in [-0.39, 0.29) is 11.2 Å². The van der Waals surface area contributed by atoms with Gasteiger partial charge in [-0.05, 0) is 31.2 Å². The molecule has 5 rings (SSSR count). The first-order valence-electron chi connectivity index (χ1n) is 9.41. The van der Waals surface area contributed by atoms with Gasteiger partial charge in [-0.2, -0.15) is 0 Å². The van der Waals surface area contributed by atoms with Gasteiger partial charge in [-0.25, -0.2) is 28.7 Å². The van der Waals surface area contributed by atoms with Crippen LogP contribution in [0.25, 0.3) is 27.8 Å². The van der Waals surface area contributed by atoms with Crippen molar-refractivity contribution in [3.63, 3.8) is 0 Å². The molecule has 0 radical (unpaired) electrons. The van der Waals surface area contributed by atoms with Gasteiger partial charge in [0.05, 0.1) is 23.3 Å². The van der Waals surface area contributed by atoms with Crippen molar-refractivity contribution in [3.05, 3.63) is 82.9 Å². The molecule has 1 unspecified atom stereocenters. The summed E-state index contributed by atoms with van der Waals surface area (Å²) in [6, 6.07) is 9.42. The number of hydrogen-bond acceptors (Lipinski definition) is 6. The second kappa shape index (κ2) is 7.24. The Bertz CT molecular complexity index is 1470. The zero-order valence-electron chi connectivity index (χ0n) is 16.2. The third-order valence-electron chi connectivity index (χ3n) is 4.92. The SMILES string of the molecule is CC(Nc1ncnc2[nH]cnc12)c1nc2ccccc2c(=O)n1-c1c(F)cccc1F. The van der Waals surface area contributed by atoms with Crippen LogP contribution in [0.3, 0.4) is 0 Å². The summed E-state index contributed by atoms with van der Waals surface area (Å²) in [6.45, 7) is 1.71. The first-order chi connectivity index (χ1) is 15.0. The fraction of sp³-hybridized carbons (Fsp3) is 0.0952. The topological polar surface area (TPSA) is 101 Å². The van der Waals surface area contributed by atoms with Crippen LogP contribution >= 0.6 is 0 Å². The largest absolute Gasteiger partial charge is 0.358 e. The molecule has 0 amide bonds. The van der Waals surface area contributed by atoms with Gasteiger partial charge in [0.15, 0.2) is 11.5 Å². The van der Waals surface area contributed by atoms with Crippen molar-refractivity contribution in [2.45, 2.75) is 13.0 Å². The zero-order chi connectivity index (χ0) is 21.5. The molecule has 3 aromatic heterocycles. The van der Waals surface area contributed by atoms with Gasteiger partial charge in [0.2, 0.25) is 0 Å². The van der Waals surface area contributed by atoms with E-state index in [9.17, 15) is 13.6 Å². The zero-order valence-corrected chi connectivity index (χ0v) is 16.2. The summed E-state index contributed by atoms with van der Waals surface area (Å²) in [4.78, 5) is 33.2. The molecule has 1 atom stereocenters. The van der Waals surface area contributed by atoms with Crippen LogP contribution in [0, 0.1) is 11.6 Å². The summed E-state index contributed by atoms with van der Waals surface area (Å²) in [6.07, 6.45) is 2.83. The highest BCUT2D eigenvalue weighted by Crippen LogP contribution is 2.25. The van der Waals surface area contributed by atoms with Crippen molar-refractivity contribution in [2.75, 3.05) is 5.32 Å². The number of nitrogens with zero attached hydrogens (tertiary/aromatic N) is 5. The lowest BCUT2D eigenvalue weighted by Crippen LogP contribution is -2.28. The highest BCUT2D eigenvalue weighted by molar-refractivity contribution is 5.82. The molecule has 5 aromatic rings. The fourth-order valence-corrected chi connectivity index (χ4v) is 3.50. The van der Waals surface area contributed by atoms with Gasteiger partial charge in [-0.3, -0.25) is 9.36 Å². The van der Waals surface area contributed by atoms with Crippen molar-refractivity contribution >= 4 is 27.9 Å². The molecule has 0 bridgehead atoms. The molecule has 0 saturated heterocycles. The van der Waals surface area contributed by atoms with E-state index in [1.165, 1.54) is 18.7 Å². The van der Waals surface area contributed by atoms with E-state index in [0.717, 1.165) is 16.7 Å². The Labute approximate surface area is 173 Å². The normalized spacial score (nSPS) is 12.4. The van der Waals surface area contributed by atoms with Gasteiger partial charge >= 0.3 is 0 Å². The Morgan fingerprint density at radius 1 is 1.03 bits per heavy atom. The fourth-order valence-electron chi connectivity index (χ4n) is 3.50. The molecule has 0 aliphatic rings. The minimum atomic E-state index is -0.871. The number of H-pyrrole nitrogens is 1. The quantitative estimate of drug-likeness (QED) is 0.462. The maximum absolute atomic E-state index is 14.7. The van der Waals surface area contributed by atoms with Gasteiger partial charge in [-0.15, -0.1) is 0 Å². The molecular formula is C21H15F2N7O. The number of benzene rings is 2. The Morgan fingerprint density at radius 3 is 2.61 bits per heavy atom. The van der Waals surface area contributed by atoms with E-state index in [4.69, 9.17) is 0 Å². The molecule has 10 heteroatoms. The lowest BCUT2D eigenvalue weighted by Gasteiger charge is -2.20. The number of anilines is 1. The van der Waals surface area contributed by atoms with Crippen LogP contribution in [0.15, 0.2) is 59.9 Å². The van der Waals surface area contributed by atoms with Crippen LogP contribution in [0.5, 0.6) is 0 Å². The maximum atomic E-state index is 14.7. The van der Waals surface area contributed by atoms with Crippen molar-refractivity contribution < 1.29 is 8.78 Å². The number of para-hydroxylation sites is 2. The number of aromatic nitrogens is 6. The number of imidazole rings is 1. The number of aromatic amines is 1. The van der Waals surface area contributed by atoms with Crippen molar-refractivity contribution in [3.8, 4) is 5.69 Å². The smallest absolute Gasteiger partial charge is 0.266 e. The molecule has 154 valence electrons. The summed E-state index contributed by atoms with van der Waals surface area (Å²) >= 11 is 0. The van der Waals surface area contributed by atoms with Crippen LogP contribution in [0.2, 0.25) is 0 Å². The van der Waals surface area contributed by atoms with E-state index in [1.54, 1.807) is 31.2 Å². The molecule has 2 aromatic carbocycles. The first kappa shape index (κ1) is 18.8. The molecule has 31 heavy (non-hydrogen) atoms. The summed E-state index contributed by atoms with van der Waals surface area (Å²) < 4.78 is 30.3. The highest BCUT2D eigenvalue weighted by Gasteiger charge is 2.23. The summed E-state index contributed by atoms with van der Waals surface area (Å²) in [7, 11) is 0. The van der Waals surface area contributed by atoms with E-state index >= 15 is 0 Å². The molecule has 3 heterocycles. The van der Waals surface area contributed by atoms with Gasteiger partial charge in [0.1, 0.15) is 35.0 Å². The average Bonchev–Trinajstić information content (AvgIpc) is 3.25. The van der Waals surface area contributed by atoms with E-state index < -0.39 is 28.9 Å². The molecule has 0 spiro atoms. The third kappa shape index (κ3) is 3.08. The predicted octanol–water partition coefficient (Wildman–Crippen LogP) is 3.50. The van der Waals surface area contributed by atoms with Gasteiger partial charge in [0, 0.05) is 0 Å². The Balaban J connectivity index is 1.74. The monoisotopic (exact) mass is 419 g/mol. The van der Waals surface area contributed by atoms with Crippen molar-refractivity contribution in [1.29, 1.82) is 0 Å². The predicted molar refractivity (Wildman–Crippen MR) is 111 cm³/mol. The summed E-state index contributed by atoms with van der Waals surface area (Å²) in [5, 5.41) is 3.38. The standard InChI is InChI=1S/C21H15F2N7O/c1-11(28-19-16-18(25-9-24-16)26-10-27-19)20-29-15-8-3-2-5-12(15)21(31)30(20)17-13(22)6-4-7-14(17)23/h2-11H,1H3,(H2,24,25,26,27,28). The number of rotatable bonds is 4. The van der Waals surface area contributed by atoms with Crippen molar-refractivity contribution in [1.82, 2.24) is 29.5 Å². The molecule has 0 aliphatic heterocycles. The first-order valence-corrected chi connectivity index (χ1v) is 9.41. The molecule has 2 N–H and O–H groups in total.